The minimum absolute atomic E-state index is 0.223. The molecule has 1 aliphatic rings. The van der Waals surface area contributed by atoms with Gasteiger partial charge in [-0.15, -0.1) is 5.10 Å². The Hall–Kier alpha value is -2.50. The molecule has 0 bridgehead atoms. The summed E-state index contributed by atoms with van der Waals surface area (Å²) in [6.07, 6.45) is 2.37. The molecule has 0 aliphatic heterocycles. The zero-order chi connectivity index (χ0) is 16.1. The van der Waals surface area contributed by atoms with Gasteiger partial charge >= 0.3 is 0 Å². The third-order valence-electron chi connectivity index (χ3n) is 4.26. The number of nitrogens with zero attached hydrogens (tertiary/aromatic N) is 4. The zero-order valence-electron chi connectivity index (χ0n) is 13.5. The molecule has 118 valence electrons. The van der Waals surface area contributed by atoms with Crippen molar-refractivity contribution in [3.05, 3.63) is 35.0 Å². The molecule has 0 amide bonds. The van der Waals surface area contributed by atoms with Gasteiger partial charge in [-0.1, -0.05) is 0 Å². The first-order chi connectivity index (χ1) is 11.0. The fourth-order valence-electron chi connectivity index (χ4n) is 2.79. The van der Waals surface area contributed by atoms with Gasteiger partial charge in [-0.25, -0.2) is 9.97 Å². The van der Waals surface area contributed by atoms with Crippen molar-refractivity contribution in [2.45, 2.75) is 40.0 Å². The summed E-state index contributed by atoms with van der Waals surface area (Å²) in [5.41, 5.74) is 2.41. The van der Waals surface area contributed by atoms with Crippen LogP contribution in [0.3, 0.4) is 0 Å². The third-order valence-corrected chi connectivity index (χ3v) is 4.26. The molecule has 1 aliphatic carbocycles. The smallest absolute Gasteiger partial charge is 0.199 e. The highest BCUT2D eigenvalue weighted by Gasteiger charge is 2.30. The molecule has 3 aromatic rings. The molecule has 0 radical (unpaired) electrons. The van der Waals surface area contributed by atoms with Crippen LogP contribution in [-0.2, 0) is 11.2 Å². The summed E-state index contributed by atoms with van der Waals surface area (Å²) in [6.45, 7) is 5.68. The van der Waals surface area contributed by atoms with Crippen LogP contribution in [0.5, 0.6) is 0 Å². The number of carbonyl (C=O) groups is 1. The van der Waals surface area contributed by atoms with Crippen LogP contribution in [0.25, 0.3) is 17.2 Å². The Kier molecular flexibility index (Phi) is 3.07. The van der Waals surface area contributed by atoms with Gasteiger partial charge in [-0.05, 0) is 45.7 Å². The Labute approximate surface area is 133 Å². The summed E-state index contributed by atoms with van der Waals surface area (Å²) in [6, 6.07) is 3.76. The van der Waals surface area contributed by atoms with E-state index in [1.165, 1.54) is 0 Å². The Morgan fingerprint density at radius 3 is 2.70 bits per heavy atom. The molecule has 4 rings (SSSR count). The van der Waals surface area contributed by atoms with E-state index < -0.39 is 0 Å². The second-order valence-electron chi connectivity index (χ2n) is 6.23. The minimum Gasteiger partial charge on any atom is -0.458 e. The van der Waals surface area contributed by atoms with Crippen molar-refractivity contribution in [2.24, 2.45) is 5.92 Å². The summed E-state index contributed by atoms with van der Waals surface area (Å²) < 4.78 is 7.41. The van der Waals surface area contributed by atoms with Crippen LogP contribution in [-0.4, -0.2) is 25.4 Å². The van der Waals surface area contributed by atoms with E-state index in [0.29, 0.717) is 23.8 Å². The normalized spacial score (nSPS) is 14.6. The van der Waals surface area contributed by atoms with Gasteiger partial charge in [-0.3, -0.25) is 4.79 Å². The minimum atomic E-state index is 0.223. The maximum atomic E-state index is 12.2. The number of furan rings is 1. The molecule has 6 heteroatoms. The number of fused-ring (bicyclic) bond motifs is 1. The van der Waals surface area contributed by atoms with E-state index in [1.807, 2.05) is 32.9 Å². The highest BCUT2D eigenvalue weighted by molar-refractivity contribution is 5.85. The summed E-state index contributed by atoms with van der Waals surface area (Å²) in [5, 5.41) is 4.43. The highest BCUT2D eigenvalue weighted by Crippen LogP contribution is 2.32. The Balaban J connectivity index is 1.89. The van der Waals surface area contributed by atoms with Gasteiger partial charge in [0.1, 0.15) is 17.4 Å². The van der Waals surface area contributed by atoms with Gasteiger partial charge in [0.2, 0.25) is 0 Å². The topological polar surface area (TPSA) is 73.3 Å². The van der Waals surface area contributed by atoms with Gasteiger partial charge < -0.3 is 4.42 Å². The molecule has 23 heavy (non-hydrogen) atoms. The fraction of sp³-hybridized carbons (Fsp3) is 0.412. The first-order valence-corrected chi connectivity index (χ1v) is 7.85. The summed E-state index contributed by atoms with van der Waals surface area (Å²) in [5.74, 6) is 3.20. The predicted molar refractivity (Wildman–Crippen MR) is 84.1 cm³/mol. The van der Waals surface area contributed by atoms with Gasteiger partial charge in [0.05, 0.1) is 5.69 Å². The molecule has 3 aromatic heterocycles. The van der Waals surface area contributed by atoms with Gasteiger partial charge in [-0.2, -0.15) is 4.52 Å². The molecule has 0 atom stereocenters. The third kappa shape index (κ3) is 2.44. The van der Waals surface area contributed by atoms with Crippen molar-refractivity contribution in [2.75, 3.05) is 0 Å². The molecule has 0 N–H and O–H groups in total. The first kappa shape index (κ1) is 14.1. The van der Waals surface area contributed by atoms with E-state index in [4.69, 9.17) is 9.40 Å². The van der Waals surface area contributed by atoms with E-state index >= 15 is 0 Å². The zero-order valence-corrected chi connectivity index (χ0v) is 13.5. The van der Waals surface area contributed by atoms with Crippen LogP contribution in [0.1, 0.15) is 35.7 Å². The Bertz CT molecular complexity index is 918. The quantitative estimate of drug-likeness (QED) is 0.741. The first-order valence-electron chi connectivity index (χ1n) is 7.85. The molecule has 3 heterocycles. The number of aryl methyl sites for hydroxylation is 3. The van der Waals surface area contributed by atoms with E-state index in [-0.39, 0.29) is 11.7 Å². The van der Waals surface area contributed by atoms with Crippen molar-refractivity contribution >= 4 is 11.4 Å². The molecule has 0 saturated heterocycles. The van der Waals surface area contributed by atoms with E-state index in [1.54, 1.807) is 4.52 Å². The lowest BCUT2D eigenvalue weighted by atomic mass is 10.1. The van der Waals surface area contributed by atoms with Crippen LogP contribution in [0.15, 0.2) is 16.5 Å². The molecule has 1 saturated carbocycles. The highest BCUT2D eigenvalue weighted by atomic mass is 16.3. The number of Topliss-reactive ketones (excluding diaryl/α,β-unsaturated/α-hetero) is 1. The average Bonchev–Trinajstić information content (AvgIpc) is 3.17. The van der Waals surface area contributed by atoms with Crippen molar-refractivity contribution in [1.29, 1.82) is 0 Å². The number of hydrogen-bond acceptors (Lipinski definition) is 5. The predicted octanol–water partition coefficient (Wildman–Crippen LogP) is 2.83. The SMILES string of the molecule is Cc1nc2c(C)c(CC(=O)C3CC3)nc(-c3ccc(C)o3)n2n1. The van der Waals surface area contributed by atoms with Crippen LogP contribution in [0, 0.1) is 26.7 Å². The Morgan fingerprint density at radius 2 is 2.04 bits per heavy atom. The van der Waals surface area contributed by atoms with Gasteiger partial charge in [0.15, 0.2) is 17.2 Å². The number of ketones is 1. The van der Waals surface area contributed by atoms with Crippen molar-refractivity contribution < 1.29 is 9.21 Å². The van der Waals surface area contributed by atoms with Crippen LogP contribution < -0.4 is 0 Å². The molecule has 0 spiro atoms. The summed E-state index contributed by atoms with van der Waals surface area (Å²) >= 11 is 0. The van der Waals surface area contributed by atoms with E-state index in [9.17, 15) is 4.79 Å². The van der Waals surface area contributed by atoms with Gasteiger partial charge in [0.25, 0.3) is 0 Å². The Morgan fingerprint density at radius 1 is 1.26 bits per heavy atom. The lowest BCUT2D eigenvalue weighted by molar-refractivity contribution is -0.119. The fourth-order valence-corrected chi connectivity index (χ4v) is 2.79. The lowest BCUT2D eigenvalue weighted by Crippen LogP contribution is -2.11. The maximum Gasteiger partial charge on any atom is 0.199 e. The molecular weight excluding hydrogens is 292 g/mol. The van der Waals surface area contributed by atoms with Crippen LogP contribution in [0.2, 0.25) is 0 Å². The number of hydrogen-bond donors (Lipinski definition) is 0. The second-order valence-corrected chi connectivity index (χ2v) is 6.23. The van der Waals surface area contributed by atoms with Crippen LogP contribution in [0.4, 0.5) is 0 Å². The molecule has 1 fully saturated rings. The monoisotopic (exact) mass is 310 g/mol. The lowest BCUT2D eigenvalue weighted by Gasteiger charge is -2.08. The van der Waals surface area contributed by atoms with Crippen molar-refractivity contribution in [1.82, 2.24) is 19.6 Å². The second kappa shape index (κ2) is 5.01. The van der Waals surface area contributed by atoms with Crippen molar-refractivity contribution in [3.8, 4) is 11.6 Å². The number of aromatic nitrogens is 4. The maximum absolute atomic E-state index is 12.2. The van der Waals surface area contributed by atoms with E-state index in [2.05, 4.69) is 10.1 Å². The van der Waals surface area contributed by atoms with Crippen molar-refractivity contribution in [3.63, 3.8) is 0 Å². The number of rotatable bonds is 4. The summed E-state index contributed by atoms with van der Waals surface area (Å²) in [7, 11) is 0. The van der Waals surface area contributed by atoms with E-state index in [0.717, 1.165) is 35.5 Å². The summed E-state index contributed by atoms with van der Waals surface area (Å²) in [4.78, 5) is 21.4. The molecule has 0 unspecified atom stereocenters. The standard InChI is InChI=1S/C17H18N4O2/c1-9-4-7-15(23-9)17-19-13(8-14(22)12-5-6-12)10(2)16-18-11(3)20-21(16)17/h4,7,12H,5-6,8H2,1-3H3. The largest absolute Gasteiger partial charge is 0.458 e. The molecular formula is C17H18N4O2. The molecule has 6 nitrogen and oxygen atoms in total. The van der Waals surface area contributed by atoms with Crippen LogP contribution >= 0.6 is 0 Å². The van der Waals surface area contributed by atoms with Gasteiger partial charge in [0, 0.05) is 17.9 Å². The average molecular weight is 310 g/mol. The number of carbonyl (C=O) groups excluding carboxylic acids is 1. The molecule has 0 aromatic carbocycles.